The van der Waals surface area contributed by atoms with Crippen molar-refractivity contribution in [2.75, 3.05) is 14.2 Å². The van der Waals surface area contributed by atoms with Gasteiger partial charge in [-0.25, -0.2) is 10.6 Å². The maximum absolute atomic E-state index is 11.0. The van der Waals surface area contributed by atoms with E-state index < -0.39 is 6.09 Å². The molecule has 0 aliphatic heterocycles. The van der Waals surface area contributed by atoms with Crippen LogP contribution in [0.3, 0.4) is 0 Å². The first-order chi connectivity index (χ1) is 8.15. The molecular formula is C10H12N2O5. The molecule has 0 saturated carbocycles. The minimum absolute atomic E-state index is 0.000787. The van der Waals surface area contributed by atoms with Crippen molar-refractivity contribution >= 4 is 12.4 Å². The van der Waals surface area contributed by atoms with Crippen LogP contribution in [-0.4, -0.2) is 26.6 Å². The predicted molar refractivity (Wildman–Crippen MR) is 58.3 cm³/mol. The Hall–Kier alpha value is -2.28. The lowest BCUT2D eigenvalue weighted by Gasteiger charge is -2.11. The van der Waals surface area contributed by atoms with E-state index in [0.717, 1.165) is 0 Å². The molecule has 0 unspecified atom stereocenters. The van der Waals surface area contributed by atoms with Crippen LogP contribution in [0.25, 0.3) is 0 Å². The molecule has 1 aromatic rings. The summed E-state index contributed by atoms with van der Waals surface area (Å²) in [5, 5.41) is 0. The molecule has 0 saturated heterocycles. The first-order valence-electron chi connectivity index (χ1n) is 4.55. The summed E-state index contributed by atoms with van der Waals surface area (Å²) < 4.78 is 14.8. The predicted octanol–water partition coefficient (Wildman–Crippen LogP) is 0.478. The highest BCUT2D eigenvalue weighted by atomic mass is 16.6. The number of hydrogen-bond acceptors (Lipinski definition) is 6. The number of nitrogens with one attached hydrogen (secondary N) is 1. The Bertz CT molecular complexity index is 433. The van der Waals surface area contributed by atoms with Gasteiger partial charge in [0, 0.05) is 12.1 Å². The summed E-state index contributed by atoms with van der Waals surface area (Å²) in [5.41, 5.74) is 1.88. The van der Waals surface area contributed by atoms with E-state index in [0.29, 0.717) is 12.0 Å². The second-order valence-corrected chi connectivity index (χ2v) is 2.89. The molecule has 0 aromatic heterocycles. The van der Waals surface area contributed by atoms with Crippen LogP contribution in [0.1, 0.15) is 10.4 Å². The minimum atomic E-state index is -0.900. The molecule has 0 aliphatic rings. The molecule has 7 heteroatoms. The summed E-state index contributed by atoms with van der Waals surface area (Å²) in [6.07, 6.45) is -0.388. The molecule has 0 bridgehead atoms. The second-order valence-electron chi connectivity index (χ2n) is 2.89. The van der Waals surface area contributed by atoms with Crippen LogP contribution in [0.4, 0.5) is 4.79 Å². The van der Waals surface area contributed by atoms with Gasteiger partial charge in [-0.2, -0.15) is 0 Å². The summed E-state index contributed by atoms with van der Waals surface area (Å²) >= 11 is 0. The Kier molecular flexibility index (Phi) is 4.29. The van der Waals surface area contributed by atoms with Gasteiger partial charge in [0.25, 0.3) is 0 Å². The molecule has 7 nitrogen and oxygen atoms in total. The van der Waals surface area contributed by atoms with E-state index in [1.54, 1.807) is 5.43 Å². The summed E-state index contributed by atoms with van der Waals surface area (Å²) in [6.45, 7) is 0. The van der Waals surface area contributed by atoms with E-state index in [1.165, 1.54) is 26.4 Å². The Morgan fingerprint density at radius 3 is 2.41 bits per heavy atom. The van der Waals surface area contributed by atoms with E-state index in [4.69, 9.17) is 20.1 Å². The van der Waals surface area contributed by atoms with Gasteiger partial charge in [-0.1, -0.05) is 0 Å². The van der Waals surface area contributed by atoms with Crippen molar-refractivity contribution in [1.82, 2.24) is 5.43 Å². The fourth-order valence-electron chi connectivity index (χ4n) is 1.19. The number of ether oxygens (including phenoxy) is 3. The number of rotatable bonds is 4. The molecule has 0 heterocycles. The molecule has 1 rings (SSSR count). The molecular weight excluding hydrogens is 228 g/mol. The van der Waals surface area contributed by atoms with Crippen LogP contribution in [0.5, 0.6) is 17.2 Å². The van der Waals surface area contributed by atoms with Crippen LogP contribution in [0.15, 0.2) is 12.1 Å². The summed E-state index contributed by atoms with van der Waals surface area (Å²) in [5.74, 6) is 5.49. The zero-order valence-electron chi connectivity index (χ0n) is 9.35. The molecule has 17 heavy (non-hydrogen) atoms. The van der Waals surface area contributed by atoms with E-state index in [-0.39, 0.29) is 17.1 Å². The van der Waals surface area contributed by atoms with Crippen LogP contribution >= 0.6 is 0 Å². The SMILES string of the molecule is COc1cc(OC)c(C=O)c(OC(=O)NN)c1. The number of hydrazine groups is 1. The van der Waals surface area contributed by atoms with Crippen molar-refractivity contribution in [3.05, 3.63) is 17.7 Å². The molecule has 92 valence electrons. The Morgan fingerprint density at radius 1 is 1.29 bits per heavy atom. The maximum atomic E-state index is 11.0. The van der Waals surface area contributed by atoms with Gasteiger partial charge in [-0.15, -0.1) is 0 Å². The molecule has 1 aromatic carbocycles. The maximum Gasteiger partial charge on any atom is 0.426 e. The molecule has 0 atom stereocenters. The lowest BCUT2D eigenvalue weighted by molar-refractivity contribution is 0.111. The summed E-state index contributed by atoms with van der Waals surface area (Å²) in [6, 6.07) is 2.87. The van der Waals surface area contributed by atoms with E-state index in [9.17, 15) is 9.59 Å². The van der Waals surface area contributed by atoms with Gasteiger partial charge >= 0.3 is 6.09 Å². The zero-order valence-corrected chi connectivity index (χ0v) is 9.35. The lowest BCUT2D eigenvalue weighted by atomic mass is 10.2. The highest BCUT2D eigenvalue weighted by molar-refractivity contribution is 5.86. The first kappa shape index (κ1) is 12.8. The number of benzene rings is 1. The highest BCUT2D eigenvalue weighted by Crippen LogP contribution is 2.32. The molecule has 0 aliphatic carbocycles. The van der Waals surface area contributed by atoms with Crippen molar-refractivity contribution in [1.29, 1.82) is 0 Å². The lowest BCUT2D eigenvalue weighted by Crippen LogP contribution is -2.33. The smallest absolute Gasteiger partial charge is 0.426 e. The van der Waals surface area contributed by atoms with Crippen molar-refractivity contribution in [3.8, 4) is 17.2 Å². The van der Waals surface area contributed by atoms with Gasteiger partial charge in [0.05, 0.1) is 19.8 Å². The molecule has 0 spiro atoms. The van der Waals surface area contributed by atoms with Gasteiger partial charge in [0.2, 0.25) is 0 Å². The Morgan fingerprint density at radius 2 is 1.94 bits per heavy atom. The van der Waals surface area contributed by atoms with Gasteiger partial charge in [0.1, 0.15) is 11.5 Å². The van der Waals surface area contributed by atoms with Crippen LogP contribution in [0, 0.1) is 0 Å². The number of carbonyl (C=O) groups is 2. The highest BCUT2D eigenvalue weighted by Gasteiger charge is 2.15. The third-order valence-electron chi connectivity index (χ3n) is 1.97. The largest absolute Gasteiger partial charge is 0.496 e. The van der Waals surface area contributed by atoms with Gasteiger partial charge < -0.3 is 14.2 Å². The van der Waals surface area contributed by atoms with Crippen molar-refractivity contribution in [3.63, 3.8) is 0 Å². The van der Waals surface area contributed by atoms with Crippen molar-refractivity contribution in [2.45, 2.75) is 0 Å². The molecule has 3 N–H and O–H groups in total. The van der Waals surface area contributed by atoms with Crippen LogP contribution < -0.4 is 25.5 Å². The number of amides is 1. The number of nitrogens with two attached hydrogens (primary N) is 1. The van der Waals surface area contributed by atoms with E-state index >= 15 is 0 Å². The first-order valence-corrected chi connectivity index (χ1v) is 4.55. The Labute approximate surface area is 97.4 Å². The van der Waals surface area contributed by atoms with Crippen LogP contribution in [-0.2, 0) is 0 Å². The fourth-order valence-corrected chi connectivity index (χ4v) is 1.19. The zero-order chi connectivity index (χ0) is 12.8. The van der Waals surface area contributed by atoms with Crippen molar-refractivity contribution in [2.24, 2.45) is 5.84 Å². The van der Waals surface area contributed by atoms with Gasteiger partial charge in [0.15, 0.2) is 12.0 Å². The molecule has 0 radical (unpaired) electrons. The third kappa shape index (κ3) is 2.85. The molecule has 0 fully saturated rings. The monoisotopic (exact) mass is 240 g/mol. The van der Waals surface area contributed by atoms with Crippen molar-refractivity contribution < 1.29 is 23.8 Å². The summed E-state index contributed by atoms with van der Waals surface area (Å²) in [7, 11) is 2.82. The number of carbonyl (C=O) groups excluding carboxylic acids is 2. The number of methoxy groups -OCH3 is 2. The van der Waals surface area contributed by atoms with E-state index in [2.05, 4.69) is 0 Å². The topological polar surface area (TPSA) is 99.9 Å². The fraction of sp³-hybridized carbons (Fsp3) is 0.200. The normalized spacial score (nSPS) is 9.35. The minimum Gasteiger partial charge on any atom is -0.496 e. The quantitative estimate of drug-likeness (QED) is 0.343. The van der Waals surface area contributed by atoms with E-state index in [1.807, 2.05) is 0 Å². The Balaban J connectivity index is 3.23. The number of aldehydes is 1. The molecule has 1 amide bonds. The second kappa shape index (κ2) is 5.71. The standard InChI is InChI=1S/C10H12N2O5/c1-15-6-3-8(16-2)7(5-13)9(4-6)17-10(14)12-11/h3-5H,11H2,1-2H3,(H,12,14). The number of hydrogen-bond donors (Lipinski definition) is 2. The van der Waals surface area contributed by atoms with Gasteiger partial charge in [-0.3, -0.25) is 10.2 Å². The van der Waals surface area contributed by atoms with Crippen LogP contribution in [0.2, 0.25) is 0 Å². The average molecular weight is 240 g/mol. The third-order valence-corrected chi connectivity index (χ3v) is 1.97. The summed E-state index contributed by atoms with van der Waals surface area (Å²) in [4.78, 5) is 21.9. The van der Waals surface area contributed by atoms with Gasteiger partial charge in [-0.05, 0) is 0 Å². The average Bonchev–Trinajstić information content (AvgIpc) is 2.37.